The number of ether oxygens (including phenoxy) is 1. The molecule has 1 atom stereocenters. The van der Waals surface area contributed by atoms with Gasteiger partial charge >= 0.3 is 6.03 Å². The molecule has 1 aliphatic heterocycles. The summed E-state index contributed by atoms with van der Waals surface area (Å²) in [6.45, 7) is 3.82. The Hall–Kier alpha value is -1.07. The Morgan fingerprint density at radius 3 is 2.78 bits per heavy atom. The molecule has 1 aromatic carbocycles. The van der Waals surface area contributed by atoms with Gasteiger partial charge in [0, 0.05) is 17.6 Å². The molecule has 2 rings (SSSR count). The Bertz CT molecular complexity index is 414. The van der Waals surface area contributed by atoms with E-state index in [-0.39, 0.29) is 11.6 Å². The minimum absolute atomic E-state index is 0.147. The van der Waals surface area contributed by atoms with Crippen molar-refractivity contribution in [2.24, 2.45) is 0 Å². The molecule has 0 spiro atoms. The van der Waals surface area contributed by atoms with E-state index in [1.54, 1.807) is 0 Å². The van der Waals surface area contributed by atoms with Gasteiger partial charge in [-0.1, -0.05) is 28.1 Å². The van der Waals surface area contributed by atoms with Gasteiger partial charge in [-0.25, -0.2) is 4.79 Å². The third kappa shape index (κ3) is 3.71. The molecule has 0 saturated carbocycles. The van der Waals surface area contributed by atoms with E-state index in [1.807, 2.05) is 31.2 Å². The monoisotopic (exact) mass is 312 g/mol. The van der Waals surface area contributed by atoms with Crippen LogP contribution in [0.5, 0.6) is 0 Å². The standard InChI is InChI=1S/C13H17BrN2O2/c1-13(6-7-18-9-13)16-12(17)15-8-10-2-4-11(14)5-3-10/h2-5H,6-9H2,1H3,(H2,15,16,17)/t13-/m1/s1. The fraction of sp³-hybridized carbons (Fsp3) is 0.462. The van der Waals surface area contributed by atoms with E-state index >= 15 is 0 Å². The first-order chi connectivity index (χ1) is 8.57. The molecule has 1 fully saturated rings. The number of nitrogens with one attached hydrogen (secondary N) is 2. The van der Waals surface area contributed by atoms with Crippen molar-refractivity contribution in [2.45, 2.75) is 25.4 Å². The Labute approximate surface area is 115 Å². The number of urea groups is 1. The van der Waals surface area contributed by atoms with E-state index in [0.717, 1.165) is 16.5 Å². The molecule has 0 bridgehead atoms. The zero-order valence-corrected chi connectivity index (χ0v) is 11.9. The molecule has 4 nitrogen and oxygen atoms in total. The van der Waals surface area contributed by atoms with Crippen LogP contribution in [-0.2, 0) is 11.3 Å². The van der Waals surface area contributed by atoms with Gasteiger partial charge in [0.15, 0.2) is 0 Å². The first-order valence-corrected chi connectivity index (χ1v) is 6.75. The summed E-state index contributed by atoms with van der Waals surface area (Å²) in [5, 5.41) is 5.80. The van der Waals surface area contributed by atoms with Gasteiger partial charge in [-0.2, -0.15) is 0 Å². The number of amides is 2. The van der Waals surface area contributed by atoms with Crippen LogP contribution in [0.1, 0.15) is 18.9 Å². The van der Waals surface area contributed by atoms with Crippen molar-refractivity contribution in [3.8, 4) is 0 Å². The molecule has 1 aromatic rings. The highest BCUT2D eigenvalue weighted by molar-refractivity contribution is 9.10. The number of halogens is 1. The molecule has 0 radical (unpaired) electrons. The molecule has 0 aliphatic carbocycles. The van der Waals surface area contributed by atoms with Crippen molar-refractivity contribution >= 4 is 22.0 Å². The average Bonchev–Trinajstić information content (AvgIpc) is 2.75. The fourth-order valence-corrected chi connectivity index (χ4v) is 2.13. The van der Waals surface area contributed by atoms with E-state index in [2.05, 4.69) is 26.6 Å². The lowest BCUT2D eigenvalue weighted by atomic mass is 10.0. The first-order valence-electron chi connectivity index (χ1n) is 5.96. The highest BCUT2D eigenvalue weighted by Crippen LogP contribution is 2.17. The van der Waals surface area contributed by atoms with E-state index in [9.17, 15) is 4.79 Å². The van der Waals surface area contributed by atoms with E-state index in [1.165, 1.54) is 0 Å². The molecule has 1 aliphatic rings. The van der Waals surface area contributed by atoms with Crippen LogP contribution >= 0.6 is 15.9 Å². The summed E-state index contributed by atoms with van der Waals surface area (Å²) < 4.78 is 6.32. The van der Waals surface area contributed by atoms with E-state index in [4.69, 9.17) is 4.74 Å². The Balaban J connectivity index is 1.79. The first kappa shape index (κ1) is 13.4. The number of carbonyl (C=O) groups excluding carboxylic acids is 1. The van der Waals surface area contributed by atoms with Gasteiger partial charge in [0.25, 0.3) is 0 Å². The zero-order valence-electron chi connectivity index (χ0n) is 10.3. The maximum Gasteiger partial charge on any atom is 0.315 e. The van der Waals surface area contributed by atoms with Crippen LogP contribution in [0.3, 0.4) is 0 Å². The van der Waals surface area contributed by atoms with Gasteiger partial charge in [-0.15, -0.1) is 0 Å². The molecule has 1 saturated heterocycles. The van der Waals surface area contributed by atoms with Gasteiger partial charge in [0.2, 0.25) is 0 Å². The predicted molar refractivity (Wildman–Crippen MR) is 73.4 cm³/mol. The van der Waals surface area contributed by atoms with Crippen molar-refractivity contribution in [1.29, 1.82) is 0 Å². The molecule has 18 heavy (non-hydrogen) atoms. The lowest BCUT2D eigenvalue weighted by molar-refractivity contribution is 0.170. The molecule has 5 heteroatoms. The Morgan fingerprint density at radius 1 is 1.44 bits per heavy atom. The van der Waals surface area contributed by atoms with Gasteiger partial charge < -0.3 is 15.4 Å². The van der Waals surface area contributed by atoms with Gasteiger partial charge in [0.05, 0.1) is 12.1 Å². The number of hydrogen-bond donors (Lipinski definition) is 2. The number of rotatable bonds is 3. The van der Waals surface area contributed by atoms with Crippen LogP contribution in [0.25, 0.3) is 0 Å². The summed E-state index contributed by atoms with van der Waals surface area (Å²) in [5.74, 6) is 0. The van der Waals surface area contributed by atoms with Crippen molar-refractivity contribution in [2.75, 3.05) is 13.2 Å². The van der Waals surface area contributed by atoms with Gasteiger partial charge in [0.1, 0.15) is 0 Å². The minimum Gasteiger partial charge on any atom is -0.379 e. The summed E-state index contributed by atoms with van der Waals surface area (Å²) in [4.78, 5) is 11.8. The van der Waals surface area contributed by atoms with Gasteiger partial charge in [-0.3, -0.25) is 0 Å². The molecule has 2 N–H and O–H groups in total. The van der Waals surface area contributed by atoms with Crippen molar-refractivity contribution in [1.82, 2.24) is 10.6 Å². The lowest BCUT2D eigenvalue weighted by Gasteiger charge is -2.23. The summed E-state index contributed by atoms with van der Waals surface area (Å²) in [7, 11) is 0. The fourth-order valence-electron chi connectivity index (χ4n) is 1.87. The molecule has 98 valence electrons. The molecule has 1 heterocycles. The third-order valence-corrected chi connectivity index (χ3v) is 3.53. The van der Waals surface area contributed by atoms with Crippen LogP contribution in [0.4, 0.5) is 4.79 Å². The van der Waals surface area contributed by atoms with Crippen molar-refractivity contribution in [3.63, 3.8) is 0 Å². The van der Waals surface area contributed by atoms with Crippen LogP contribution in [0.15, 0.2) is 28.7 Å². The highest BCUT2D eigenvalue weighted by atomic mass is 79.9. The summed E-state index contributed by atoms with van der Waals surface area (Å²) >= 11 is 3.38. The summed E-state index contributed by atoms with van der Waals surface area (Å²) in [5.41, 5.74) is 0.838. The smallest absolute Gasteiger partial charge is 0.315 e. The SMILES string of the molecule is C[C@@]1(NC(=O)NCc2ccc(Br)cc2)CCOC1. The molecule has 2 amide bonds. The van der Waals surface area contributed by atoms with Crippen LogP contribution < -0.4 is 10.6 Å². The summed E-state index contributed by atoms with van der Waals surface area (Å²) in [6.07, 6.45) is 0.860. The van der Waals surface area contributed by atoms with Crippen LogP contribution in [0.2, 0.25) is 0 Å². The zero-order chi connectivity index (χ0) is 13.0. The number of hydrogen-bond acceptors (Lipinski definition) is 2. The number of carbonyl (C=O) groups is 1. The van der Waals surface area contributed by atoms with Crippen LogP contribution in [0, 0.1) is 0 Å². The molecular weight excluding hydrogens is 296 g/mol. The second kappa shape index (κ2) is 5.71. The lowest BCUT2D eigenvalue weighted by Crippen LogP contribution is -2.50. The average molecular weight is 313 g/mol. The normalized spacial score (nSPS) is 22.8. The Morgan fingerprint density at radius 2 is 2.17 bits per heavy atom. The van der Waals surface area contributed by atoms with E-state index in [0.29, 0.717) is 19.8 Å². The second-order valence-corrected chi connectivity index (χ2v) is 5.71. The maximum atomic E-state index is 11.8. The minimum atomic E-state index is -0.232. The predicted octanol–water partition coefficient (Wildman–Crippen LogP) is 2.43. The van der Waals surface area contributed by atoms with Gasteiger partial charge in [-0.05, 0) is 31.0 Å². The Kier molecular flexibility index (Phi) is 4.24. The van der Waals surface area contributed by atoms with E-state index < -0.39 is 0 Å². The van der Waals surface area contributed by atoms with Crippen molar-refractivity contribution in [3.05, 3.63) is 34.3 Å². The molecule has 0 aromatic heterocycles. The second-order valence-electron chi connectivity index (χ2n) is 4.80. The largest absolute Gasteiger partial charge is 0.379 e. The molecular formula is C13H17BrN2O2. The maximum absolute atomic E-state index is 11.8. The van der Waals surface area contributed by atoms with Crippen LogP contribution in [-0.4, -0.2) is 24.8 Å². The number of benzene rings is 1. The van der Waals surface area contributed by atoms with Crippen molar-refractivity contribution < 1.29 is 9.53 Å². The molecule has 0 unspecified atom stereocenters. The topological polar surface area (TPSA) is 50.4 Å². The highest BCUT2D eigenvalue weighted by Gasteiger charge is 2.30. The quantitative estimate of drug-likeness (QED) is 0.900. The summed E-state index contributed by atoms with van der Waals surface area (Å²) in [6, 6.07) is 7.73. The third-order valence-electron chi connectivity index (χ3n) is 3.00.